The Morgan fingerprint density at radius 3 is 2.55 bits per heavy atom. The summed E-state index contributed by atoms with van der Waals surface area (Å²) in [4.78, 5) is 22.7. The molecule has 0 aliphatic carbocycles. The minimum absolute atomic E-state index is 0.161. The lowest BCUT2D eigenvalue weighted by atomic mass is 10.2. The summed E-state index contributed by atoms with van der Waals surface area (Å²) in [5.41, 5.74) is 0.257. The largest absolute Gasteiger partial charge is 0.480 e. The predicted octanol–water partition coefficient (Wildman–Crippen LogP) is 4.55. The lowest BCUT2D eigenvalue weighted by Crippen LogP contribution is -2.18. The second-order valence-corrected chi connectivity index (χ2v) is 5.90. The Labute approximate surface area is 145 Å². The molecule has 0 unspecified atom stereocenters. The van der Waals surface area contributed by atoms with E-state index in [1.54, 1.807) is 24.3 Å². The summed E-state index contributed by atoms with van der Waals surface area (Å²) < 4.78 is 11.1. The fourth-order valence-corrected chi connectivity index (χ4v) is 2.43. The van der Waals surface area contributed by atoms with E-state index in [4.69, 9.17) is 32.7 Å². The van der Waals surface area contributed by atoms with Crippen LogP contribution in [0.5, 0.6) is 11.5 Å². The van der Waals surface area contributed by atoms with Crippen LogP contribution in [-0.4, -0.2) is 18.9 Å². The van der Waals surface area contributed by atoms with Crippen molar-refractivity contribution in [3.8, 4) is 11.5 Å². The molecule has 7 heteroatoms. The van der Waals surface area contributed by atoms with Crippen molar-refractivity contribution in [2.45, 2.75) is 0 Å². The predicted molar refractivity (Wildman–Crippen MR) is 87.1 cm³/mol. The molecule has 0 spiro atoms. The number of halogens is 3. The summed E-state index contributed by atoms with van der Waals surface area (Å²) in [5.74, 6) is -0.181. The number of aldehydes is 1. The zero-order valence-electron chi connectivity index (χ0n) is 11.0. The molecule has 0 amide bonds. The molecule has 2 aromatic carbocycles. The number of benzene rings is 2. The molecule has 0 N–H and O–H groups in total. The van der Waals surface area contributed by atoms with Crippen molar-refractivity contribution < 1.29 is 19.1 Å². The summed E-state index contributed by atoms with van der Waals surface area (Å²) in [6.45, 7) is -0.351. The van der Waals surface area contributed by atoms with Crippen LogP contribution in [-0.2, 0) is 4.79 Å². The summed E-state index contributed by atoms with van der Waals surface area (Å²) in [5, 5.41) is 0.753. The summed E-state index contributed by atoms with van der Waals surface area (Å²) in [6.07, 6.45) is 0.601. The fraction of sp³-hybridized carbons (Fsp3) is 0.0667. The van der Waals surface area contributed by atoms with Gasteiger partial charge in [0.25, 0.3) is 0 Å². The van der Waals surface area contributed by atoms with Gasteiger partial charge in [-0.15, -0.1) is 0 Å². The van der Waals surface area contributed by atoms with Gasteiger partial charge in [-0.1, -0.05) is 39.1 Å². The van der Waals surface area contributed by atoms with E-state index in [1.807, 2.05) is 0 Å². The van der Waals surface area contributed by atoms with Gasteiger partial charge in [-0.25, -0.2) is 4.79 Å². The number of hydrogen-bond acceptors (Lipinski definition) is 4. The Balaban J connectivity index is 2.00. The van der Waals surface area contributed by atoms with Gasteiger partial charge >= 0.3 is 5.97 Å². The minimum atomic E-state index is -0.656. The third-order valence-electron chi connectivity index (χ3n) is 2.56. The molecule has 4 nitrogen and oxygen atoms in total. The average Bonchev–Trinajstić information content (AvgIpc) is 2.48. The zero-order chi connectivity index (χ0) is 16.1. The molecule has 0 radical (unpaired) electrons. The Bertz CT molecular complexity index is 719. The number of carbonyl (C=O) groups is 2. The third kappa shape index (κ3) is 4.47. The molecule has 2 rings (SSSR count). The first-order chi connectivity index (χ1) is 10.5. The molecule has 0 heterocycles. The van der Waals surface area contributed by atoms with E-state index < -0.39 is 5.97 Å². The maximum Gasteiger partial charge on any atom is 0.349 e. The third-order valence-corrected chi connectivity index (χ3v) is 3.59. The first-order valence-electron chi connectivity index (χ1n) is 6.03. The van der Waals surface area contributed by atoms with Gasteiger partial charge in [0.2, 0.25) is 0 Å². The highest BCUT2D eigenvalue weighted by Crippen LogP contribution is 2.27. The molecule has 0 fully saturated rings. The normalized spacial score (nSPS) is 10.1. The van der Waals surface area contributed by atoms with E-state index in [0.717, 1.165) is 0 Å². The average molecular weight is 404 g/mol. The summed E-state index contributed by atoms with van der Waals surface area (Å²) in [7, 11) is 0. The molecule has 0 aliphatic rings. The van der Waals surface area contributed by atoms with Crippen molar-refractivity contribution in [1.82, 2.24) is 0 Å². The Morgan fingerprint density at radius 1 is 1.14 bits per heavy atom. The van der Waals surface area contributed by atoms with E-state index in [2.05, 4.69) is 15.9 Å². The van der Waals surface area contributed by atoms with Gasteiger partial charge in [0, 0.05) is 9.50 Å². The standard InChI is InChI=1S/C15H9BrCl2O4/c16-10-1-3-13(9(5-10)7-19)22-15(20)8-21-14-4-2-11(17)6-12(14)18/h1-7H,8H2. The van der Waals surface area contributed by atoms with Gasteiger partial charge in [-0.2, -0.15) is 0 Å². The highest BCUT2D eigenvalue weighted by Gasteiger charge is 2.11. The quantitative estimate of drug-likeness (QED) is 0.417. The second kappa shape index (κ2) is 7.63. The van der Waals surface area contributed by atoms with Crippen LogP contribution in [0.2, 0.25) is 10.0 Å². The number of esters is 1. The van der Waals surface area contributed by atoms with Gasteiger partial charge in [0.1, 0.15) is 11.5 Å². The van der Waals surface area contributed by atoms with Crippen LogP contribution in [0.15, 0.2) is 40.9 Å². The van der Waals surface area contributed by atoms with Crippen LogP contribution < -0.4 is 9.47 Å². The molecule has 114 valence electrons. The molecule has 0 aromatic heterocycles. The van der Waals surface area contributed by atoms with E-state index in [1.165, 1.54) is 12.1 Å². The molecular formula is C15H9BrCl2O4. The monoisotopic (exact) mass is 402 g/mol. The lowest BCUT2D eigenvalue weighted by molar-refractivity contribution is -0.136. The zero-order valence-corrected chi connectivity index (χ0v) is 14.1. The van der Waals surface area contributed by atoms with E-state index in [0.29, 0.717) is 21.5 Å². The van der Waals surface area contributed by atoms with Gasteiger partial charge in [-0.3, -0.25) is 4.79 Å². The molecule has 22 heavy (non-hydrogen) atoms. The van der Waals surface area contributed by atoms with E-state index >= 15 is 0 Å². The summed E-state index contributed by atoms with van der Waals surface area (Å²) in [6, 6.07) is 9.37. The van der Waals surface area contributed by atoms with Gasteiger partial charge < -0.3 is 9.47 Å². The molecule has 0 saturated heterocycles. The van der Waals surface area contributed by atoms with Crippen molar-refractivity contribution in [2.75, 3.05) is 6.61 Å². The highest BCUT2D eigenvalue weighted by molar-refractivity contribution is 9.10. The van der Waals surface area contributed by atoms with Crippen molar-refractivity contribution in [3.05, 3.63) is 56.5 Å². The number of carbonyl (C=O) groups excluding carboxylic acids is 2. The van der Waals surface area contributed by atoms with Gasteiger partial charge in [0.05, 0.1) is 10.6 Å². The Hall–Kier alpha value is -1.56. The topological polar surface area (TPSA) is 52.6 Å². The molecule has 2 aromatic rings. The Kier molecular flexibility index (Phi) is 5.83. The van der Waals surface area contributed by atoms with Gasteiger partial charge in [0.15, 0.2) is 12.9 Å². The van der Waals surface area contributed by atoms with Crippen molar-refractivity contribution in [2.24, 2.45) is 0 Å². The SMILES string of the molecule is O=Cc1cc(Br)ccc1OC(=O)COc1ccc(Cl)cc1Cl. The minimum Gasteiger partial charge on any atom is -0.480 e. The molecule has 0 saturated carbocycles. The maximum atomic E-state index is 11.8. The van der Waals surface area contributed by atoms with E-state index in [-0.39, 0.29) is 22.9 Å². The lowest BCUT2D eigenvalue weighted by Gasteiger charge is -2.09. The van der Waals surface area contributed by atoms with Crippen molar-refractivity contribution in [3.63, 3.8) is 0 Å². The number of ether oxygens (including phenoxy) is 2. The highest BCUT2D eigenvalue weighted by atomic mass is 79.9. The molecular weight excluding hydrogens is 395 g/mol. The van der Waals surface area contributed by atoms with Crippen molar-refractivity contribution >= 4 is 51.4 Å². The van der Waals surface area contributed by atoms with Gasteiger partial charge in [-0.05, 0) is 36.4 Å². The smallest absolute Gasteiger partial charge is 0.349 e. The van der Waals surface area contributed by atoms with Crippen LogP contribution in [0.3, 0.4) is 0 Å². The van der Waals surface area contributed by atoms with E-state index in [9.17, 15) is 9.59 Å². The Morgan fingerprint density at radius 2 is 1.86 bits per heavy atom. The summed E-state index contributed by atoms with van der Waals surface area (Å²) >= 11 is 14.9. The molecule has 0 bridgehead atoms. The molecule has 0 aliphatic heterocycles. The van der Waals surface area contributed by atoms with Crippen LogP contribution in [0, 0.1) is 0 Å². The second-order valence-electron chi connectivity index (χ2n) is 4.14. The number of rotatable bonds is 5. The van der Waals surface area contributed by atoms with Crippen LogP contribution in [0.25, 0.3) is 0 Å². The number of hydrogen-bond donors (Lipinski definition) is 0. The van der Waals surface area contributed by atoms with Crippen LogP contribution >= 0.6 is 39.1 Å². The van der Waals surface area contributed by atoms with Crippen LogP contribution in [0.4, 0.5) is 0 Å². The van der Waals surface area contributed by atoms with Crippen LogP contribution in [0.1, 0.15) is 10.4 Å². The van der Waals surface area contributed by atoms with Crippen molar-refractivity contribution in [1.29, 1.82) is 0 Å². The molecule has 0 atom stereocenters. The fourth-order valence-electron chi connectivity index (χ4n) is 1.59. The first-order valence-corrected chi connectivity index (χ1v) is 7.58. The maximum absolute atomic E-state index is 11.8. The first kappa shape index (κ1) is 16.8.